The number of benzene rings is 1. The average molecular weight is 396 g/mol. The first-order valence-electron chi connectivity index (χ1n) is 6.33. The van der Waals surface area contributed by atoms with Gasteiger partial charge in [0.2, 0.25) is 0 Å². The van der Waals surface area contributed by atoms with Crippen LogP contribution in [0.3, 0.4) is 0 Å². The van der Waals surface area contributed by atoms with Crippen LogP contribution in [-0.4, -0.2) is 19.9 Å². The predicted octanol–water partition coefficient (Wildman–Crippen LogP) is 2.32. The van der Waals surface area contributed by atoms with E-state index in [-0.39, 0.29) is 17.5 Å². The van der Waals surface area contributed by atoms with Gasteiger partial charge in [-0.1, -0.05) is 25.1 Å². The zero-order valence-corrected chi connectivity index (χ0v) is 14.3. The Morgan fingerprint density at radius 1 is 1.42 bits per heavy atom. The Morgan fingerprint density at radius 3 is 2.68 bits per heavy atom. The molecule has 0 spiro atoms. The Labute approximate surface area is 129 Å². The Balaban J connectivity index is 2.71. The molecule has 0 fully saturated rings. The molecule has 1 unspecified atom stereocenters. The van der Waals surface area contributed by atoms with Crippen molar-refractivity contribution in [3.8, 4) is 0 Å². The minimum absolute atomic E-state index is 0.00106. The monoisotopic (exact) mass is 396 g/mol. The maximum atomic E-state index is 11.5. The molecule has 108 valence electrons. The van der Waals surface area contributed by atoms with E-state index in [1.165, 1.54) is 9.13 Å². The topological polar surface area (TPSA) is 72.2 Å². The average Bonchev–Trinajstić information content (AvgIpc) is 2.38. The molecule has 0 bridgehead atoms. The second-order valence-electron chi connectivity index (χ2n) is 4.58. The lowest BCUT2D eigenvalue weighted by atomic mass is 10.0. The Hall–Kier alpha value is -0.180. The van der Waals surface area contributed by atoms with E-state index in [9.17, 15) is 8.42 Å². The van der Waals surface area contributed by atoms with E-state index in [2.05, 4.69) is 41.0 Å². The van der Waals surface area contributed by atoms with Gasteiger partial charge in [-0.2, -0.15) is 0 Å². The molecule has 0 aliphatic carbocycles. The Kier molecular flexibility index (Phi) is 6.72. The maximum Gasteiger partial charge on any atom is 0.150 e. The quantitative estimate of drug-likeness (QED) is 0.422. The molecule has 0 amide bonds. The van der Waals surface area contributed by atoms with Gasteiger partial charge in [-0.3, -0.25) is 11.3 Å². The summed E-state index contributed by atoms with van der Waals surface area (Å²) in [4.78, 5) is 0. The van der Waals surface area contributed by atoms with Gasteiger partial charge in [0.25, 0.3) is 0 Å². The second kappa shape index (κ2) is 7.56. The van der Waals surface area contributed by atoms with Crippen LogP contribution in [0.15, 0.2) is 18.2 Å². The summed E-state index contributed by atoms with van der Waals surface area (Å²) in [6.45, 7) is 3.73. The van der Waals surface area contributed by atoms with E-state index >= 15 is 0 Å². The normalized spacial score (nSPS) is 13.5. The Morgan fingerprint density at radius 2 is 2.11 bits per heavy atom. The molecule has 1 aromatic carbocycles. The molecule has 0 saturated heterocycles. The van der Waals surface area contributed by atoms with Crippen molar-refractivity contribution in [1.29, 1.82) is 0 Å². The fourth-order valence-electron chi connectivity index (χ4n) is 1.92. The molecule has 0 saturated carbocycles. The number of hydrogen-bond donors (Lipinski definition) is 2. The minimum Gasteiger partial charge on any atom is -0.271 e. The summed E-state index contributed by atoms with van der Waals surface area (Å²) >= 11 is 2.30. The van der Waals surface area contributed by atoms with Crippen molar-refractivity contribution in [2.45, 2.75) is 32.7 Å². The highest BCUT2D eigenvalue weighted by molar-refractivity contribution is 14.1. The van der Waals surface area contributed by atoms with Gasteiger partial charge in [-0.05, 0) is 53.5 Å². The zero-order valence-electron chi connectivity index (χ0n) is 11.3. The highest BCUT2D eigenvalue weighted by Crippen LogP contribution is 2.25. The number of hydrazine groups is 1. The van der Waals surface area contributed by atoms with Gasteiger partial charge in [0.05, 0.1) is 5.75 Å². The fourth-order valence-corrected chi connectivity index (χ4v) is 3.55. The summed E-state index contributed by atoms with van der Waals surface area (Å²) in [6, 6.07) is 6.09. The SMILES string of the molecule is CCS(=O)(=O)CCCC(NN)c1cccc(C)c1I. The van der Waals surface area contributed by atoms with Gasteiger partial charge >= 0.3 is 0 Å². The van der Waals surface area contributed by atoms with Crippen molar-refractivity contribution in [3.05, 3.63) is 32.9 Å². The van der Waals surface area contributed by atoms with Gasteiger partial charge in [-0.25, -0.2) is 8.42 Å². The molecule has 0 aliphatic rings. The molecule has 4 nitrogen and oxygen atoms in total. The number of aryl methyl sites for hydroxylation is 1. The molecule has 0 radical (unpaired) electrons. The van der Waals surface area contributed by atoms with Crippen molar-refractivity contribution < 1.29 is 8.42 Å². The molecule has 1 aromatic rings. The van der Waals surface area contributed by atoms with E-state index in [0.29, 0.717) is 6.42 Å². The van der Waals surface area contributed by atoms with Crippen molar-refractivity contribution in [2.24, 2.45) is 5.84 Å². The molecule has 6 heteroatoms. The number of halogens is 1. The summed E-state index contributed by atoms with van der Waals surface area (Å²) in [7, 11) is -2.89. The number of nitrogens with one attached hydrogen (secondary N) is 1. The number of rotatable bonds is 7. The van der Waals surface area contributed by atoms with E-state index in [4.69, 9.17) is 5.84 Å². The minimum atomic E-state index is -2.89. The molecule has 0 heterocycles. The van der Waals surface area contributed by atoms with Crippen molar-refractivity contribution in [1.82, 2.24) is 5.43 Å². The first kappa shape index (κ1) is 16.9. The summed E-state index contributed by atoms with van der Waals surface area (Å²) in [5.41, 5.74) is 5.14. The third-order valence-corrected chi connectivity index (χ3v) is 6.45. The van der Waals surface area contributed by atoms with E-state index in [0.717, 1.165) is 12.0 Å². The van der Waals surface area contributed by atoms with Crippen molar-refractivity contribution >= 4 is 32.4 Å². The summed E-state index contributed by atoms with van der Waals surface area (Å²) in [5, 5.41) is 0. The molecule has 0 aliphatic heterocycles. The first-order valence-corrected chi connectivity index (χ1v) is 9.23. The van der Waals surface area contributed by atoms with Crippen LogP contribution in [0.5, 0.6) is 0 Å². The summed E-state index contributed by atoms with van der Waals surface area (Å²) < 4.78 is 24.1. The third kappa shape index (κ3) is 5.02. The van der Waals surface area contributed by atoms with Gasteiger partial charge in [0.1, 0.15) is 9.84 Å². The molecule has 0 aromatic heterocycles. The molecule has 1 rings (SSSR count). The van der Waals surface area contributed by atoms with Gasteiger partial charge in [-0.15, -0.1) is 0 Å². The standard InChI is InChI=1S/C13H21IN2O2S/c1-3-19(17,18)9-5-8-12(16-15)11-7-4-6-10(2)13(11)14/h4,6-7,12,16H,3,5,8-9,15H2,1-2H3. The second-order valence-corrected chi connectivity index (χ2v) is 8.13. The maximum absolute atomic E-state index is 11.5. The third-order valence-electron chi connectivity index (χ3n) is 3.19. The zero-order chi connectivity index (χ0) is 14.5. The predicted molar refractivity (Wildman–Crippen MR) is 87.5 cm³/mol. The summed E-state index contributed by atoms with van der Waals surface area (Å²) in [6.07, 6.45) is 1.34. The van der Waals surface area contributed by atoms with Crippen molar-refractivity contribution in [2.75, 3.05) is 11.5 Å². The van der Waals surface area contributed by atoms with Crippen LogP contribution in [0.25, 0.3) is 0 Å². The van der Waals surface area contributed by atoms with Crippen LogP contribution in [0.1, 0.15) is 36.9 Å². The summed E-state index contributed by atoms with van der Waals surface area (Å²) in [5.74, 6) is 6.03. The lowest BCUT2D eigenvalue weighted by Crippen LogP contribution is -2.29. The Bertz CT molecular complexity index is 517. The van der Waals surface area contributed by atoms with Gasteiger partial charge in [0, 0.05) is 15.4 Å². The number of hydrogen-bond acceptors (Lipinski definition) is 4. The molecular weight excluding hydrogens is 375 g/mol. The highest BCUT2D eigenvalue weighted by Gasteiger charge is 2.15. The molecule has 3 N–H and O–H groups in total. The van der Waals surface area contributed by atoms with Crippen LogP contribution in [-0.2, 0) is 9.84 Å². The number of sulfone groups is 1. The van der Waals surface area contributed by atoms with Gasteiger partial charge in [0.15, 0.2) is 0 Å². The molecular formula is C13H21IN2O2S. The lowest BCUT2D eigenvalue weighted by Gasteiger charge is -2.18. The highest BCUT2D eigenvalue weighted by atomic mass is 127. The first-order chi connectivity index (χ1) is 8.91. The van der Waals surface area contributed by atoms with Gasteiger partial charge < -0.3 is 0 Å². The van der Waals surface area contributed by atoms with E-state index in [1.807, 2.05) is 12.1 Å². The lowest BCUT2D eigenvalue weighted by molar-refractivity contribution is 0.505. The number of nitrogens with two attached hydrogens (primary N) is 1. The van der Waals surface area contributed by atoms with E-state index in [1.54, 1.807) is 6.92 Å². The van der Waals surface area contributed by atoms with Crippen LogP contribution < -0.4 is 11.3 Å². The van der Waals surface area contributed by atoms with Crippen LogP contribution >= 0.6 is 22.6 Å². The van der Waals surface area contributed by atoms with Crippen LogP contribution in [0, 0.1) is 10.5 Å². The van der Waals surface area contributed by atoms with Crippen LogP contribution in [0.2, 0.25) is 0 Å². The largest absolute Gasteiger partial charge is 0.271 e. The van der Waals surface area contributed by atoms with Crippen LogP contribution in [0.4, 0.5) is 0 Å². The van der Waals surface area contributed by atoms with Crippen molar-refractivity contribution in [3.63, 3.8) is 0 Å². The smallest absolute Gasteiger partial charge is 0.150 e. The molecule has 19 heavy (non-hydrogen) atoms. The molecule has 1 atom stereocenters. The fraction of sp³-hybridized carbons (Fsp3) is 0.538. The van der Waals surface area contributed by atoms with E-state index < -0.39 is 9.84 Å².